The van der Waals surface area contributed by atoms with Crippen LogP contribution in [-0.2, 0) is 18.0 Å². The van der Waals surface area contributed by atoms with Crippen LogP contribution in [0.4, 0.5) is 0 Å². The zero-order valence-electron chi connectivity index (χ0n) is 13.5. The fourth-order valence-electron chi connectivity index (χ4n) is 2.38. The van der Waals surface area contributed by atoms with Crippen LogP contribution in [0.25, 0.3) is 0 Å². The zero-order valence-corrected chi connectivity index (χ0v) is 15.3. The number of hydrogen-bond acceptors (Lipinski definition) is 5. The summed E-state index contributed by atoms with van der Waals surface area (Å²) < 4.78 is 22.7. The molecule has 4 nitrogen and oxygen atoms in total. The van der Waals surface area contributed by atoms with Crippen LogP contribution in [0.3, 0.4) is 0 Å². The molecule has 0 saturated carbocycles. The van der Waals surface area contributed by atoms with Crippen molar-refractivity contribution in [3.05, 3.63) is 0 Å². The van der Waals surface area contributed by atoms with Gasteiger partial charge in [0.25, 0.3) is 0 Å². The molecule has 0 N–H and O–H groups in total. The summed E-state index contributed by atoms with van der Waals surface area (Å²) in [6.07, 6.45) is 8.06. The summed E-state index contributed by atoms with van der Waals surface area (Å²) in [6.45, 7) is 6.80. The number of rotatable bonds is 12. The Morgan fingerprint density at radius 3 is 2.43 bits per heavy atom. The number of ether oxygens (including phenoxy) is 1. The normalized spacial score (nSPS) is 17.0. The summed E-state index contributed by atoms with van der Waals surface area (Å²) in [6, 6.07) is 0.819. The minimum absolute atomic E-state index is 0.641. The summed E-state index contributed by atoms with van der Waals surface area (Å²) >= 11 is 5.25. The van der Waals surface area contributed by atoms with Gasteiger partial charge in [0.2, 0.25) is 0 Å². The Balaban J connectivity index is 2.03. The molecular formula is C15H30O4SSi. The molecule has 0 spiro atoms. The van der Waals surface area contributed by atoms with Crippen molar-refractivity contribution in [2.24, 2.45) is 0 Å². The Kier molecular flexibility index (Phi) is 10.5. The third kappa shape index (κ3) is 8.26. The van der Waals surface area contributed by atoms with E-state index in [9.17, 15) is 0 Å². The van der Waals surface area contributed by atoms with Crippen LogP contribution in [0, 0.1) is 0 Å². The lowest BCUT2D eigenvalue weighted by Crippen LogP contribution is -2.40. The molecule has 0 radical (unpaired) electrons. The molecule has 0 aromatic heterocycles. The van der Waals surface area contributed by atoms with E-state index in [4.69, 9.17) is 30.2 Å². The van der Waals surface area contributed by atoms with E-state index in [1.807, 2.05) is 6.92 Å². The molecule has 0 unspecified atom stereocenters. The van der Waals surface area contributed by atoms with E-state index in [0.29, 0.717) is 26.4 Å². The highest BCUT2D eigenvalue weighted by molar-refractivity contribution is 7.80. The summed E-state index contributed by atoms with van der Waals surface area (Å²) in [5.41, 5.74) is 0. The predicted molar refractivity (Wildman–Crippen MR) is 90.6 cm³/mol. The van der Waals surface area contributed by atoms with Crippen LogP contribution >= 0.6 is 12.2 Å². The van der Waals surface area contributed by atoms with Crippen molar-refractivity contribution in [1.29, 1.82) is 0 Å². The SMILES string of the molecule is CCCCCCCC(=S)OCCC[Si]1(OCC)OCCO1. The van der Waals surface area contributed by atoms with Gasteiger partial charge in [0.05, 0.1) is 19.8 Å². The maximum Gasteiger partial charge on any atom is 0.501 e. The fraction of sp³-hybridized carbons (Fsp3) is 0.933. The smallest absolute Gasteiger partial charge is 0.487 e. The lowest BCUT2D eigenvalue weighted by molar-refractivity contribution is 0.145. The monoisotopic (exact) mass is 334 g/mol. The van der Waals surface area contributed by atoms with Gasteiger partial charge in [0.15, 0.2) is 5.05 Å². The maximum absolute atomic E-state index is 5.71. The molecule has 1 rings (SSSR count). The van der Waals surface area contributed by atoms with Crippen molar-refractivity contribution in [3.8, 4) is 0 Å². The van der Waals surface area contributed by atoms with Gasteiger partial charge in [-0.15, -0.1) is 0 Å². The predicted octanol–water partition coefficient (Wildman–Crippen LogP) is 4.10. The van der Waals surface area contributed by atoms with Crippen molar-refractivity contribution in [1.82, 2.24) is 0 Å². The highest BCUT2D eigenvalue weighted by Crippen LogP contribution is 2.22. The van der Waals surface area contributed by atoms with Gasteiger partial charge < -0.3 is 18.0 Å². The maximum atomic E-state index is 5.71. The molecule has 0 bridgehead atoms. The molecular weight excluding hydrogens is 304 g/mol. The summed E-state index contributed by atoms with van der Waals surface area (Å²) in [7, 11) is -2.37. The van der Waals surface area contributed by atoms with E-state index in [1.165, 1.54) is 25.7 Å². The second kappa shape index (κ2) is 11.5. The molecule has 0 aliphatic carbocycles. The highest BCUT2D eigenvalue weighted by Gasteiger charge is 2.44. The Hall–Kier alpha value is -0.0131. The Morgan fingerprint density at radius 1 is 1.05 bits per heavy atom. The van der Waals surface area contributed by atoms with E-state index < -0.39 is 8.80 Å². The van der Waals surface area contributed by atoms with Crippen molar-refractivity contribution in [3.63, 3.8) is 0 Å². The molecule has 1 saturated heterocycles. The second-order valence-corrected chi connectivity index (χ2v) is 8.49. The second-order valence-electron chi connectivity index (χ2n) is 5.30. The van der Waals surface area contributed by atoms with E-state index in [1.54, 1.807) is 0 Å². The average Bonchev–Trinajstić information content (AvgIpc) is 2.93. The minimum atomic E-state index is -2.37. The molecule has 1 fully saturated rings. The van der Waals surface area contributed by atoms with E-state index in [0.717, 1.165) is 30.4 Å². The molecule has 1 heterocycles. The van der Waals surface area contributed by atoms with Gasteiger partial charge in [-0.2, -0.15) is 0 Å². The number of thiocarbonyl (C=S) groups is 1. The minimum Gasteiger partial charge on any atom is -0.487 e. The van der Waals surface area contributed by atoms with Gasteiger partial charge in [-0.05, 0) is 32.0 Å². The van der Waals surface area contributed by atoms with Crippen LogP contribution in [0.5, 0.6) is 0 Å². The van der Waals surface area contributed by atoms with Crippen molar-refractivity contribution in [2.45, 2.75) is 64.8 Å². The molecule has 124 valence electrons. The summed E-state index contributed by atoms with van der Waals surface area (Å²) in [4.78, 5) is 0. The molecule has 6 heteroatoms. The van der Waals surface area contributed by atoms with Gasteiger partial charge >= 0.3 is 8.80 Å². The molecule has 1 aliphatic heterocycles. The quantitative estimate of drug-likeness (QED) is 0.305. The molecule has 0 aromatic carbocycles. The van der Waals surface area contributed by atoms with E-state index >= 15 is 0 Å². The van der Waals surface area contributed by atoms with Gasteiger partial charge in [-0.3, -0.25) is 0 Å². The van der Waals surface area contributed by atoms with Crippen LogP contribution in [0.2, 0.25) is 6.04 Å². The van der Waals surface area contributed by atoms with Crippen LogP contribution < -0.4 is 0 Å². The van der Waals surface area contributed by atoms with Gasteiger partial charge in [-0.1, -0.05) is 32.6 Å². The van der Waals surface area contributed by atoms with E-state index in [2.05, 4.69) is 6.92 Å². The van der Waals surface area contributed by atoms with Crippen LogP contribution in [0.1, 0.15) is 58.8 Å². The van der Waals surface area contributed by atoms with Crippen molar-refractivity contribution < 1.29 is 18.0 Å². The van der Waals surface area contributed by atoms with Crippen molar-refractivity contribution >= 4 is 26.1 Å². The first-order valence-electron chi connectivity index (χ1n) is 8.30. The largest absolute Gasteiger partial charge is 0.501 e. The third-order valence-electron chi connectivity index (χ3n) is 3.47. The summed E-state index contributed by atoms with van der Waals surface area (Å²) in [5, 5.41) is 0.742. The van der Waals surface area contributed by atoms with E-state index in [-0.39, 0.29) is 0 Å². The van der Waals surface area contributed by atoms with Gasteiger partial charge in [0, 0.05) is 19.1 Å². The van der Waals surface area contributed by atoms with Gasteiger partial charge in [-0.25, -0.2) is 0 Å². The first-order valence-corrected chi connectivity index (χ1v) is 10.6. The average molecular weight is 335 g/mol. The first kappa shape index (κ1) is 19.0. The number of unbranched alkanes of at least 4 members (excludes halogenated alkanes) is 4. The zero-order chi connectivity index (χ0) is 15.4. The Bertz CT molecular complexity index is 283. The molecule has 0 aromatic rings. The number of hydrogen-bond donors (Lipinski definition) is 0. The Labute approximate surface area is 135 Å². The molecule has 21 heavy (non-hydrogen) atoms. The van der Waals surface area contributed by atoms with Crippen molar-refractivity contribution in [2.75, 3.05) is 26.4 Å². The third-order valence-corrected chi connectivity index (χ3v) is 6.77. The topological polar surface area (TPSA) is 36.9 Å². The molecule has 1 aliphatic rings. The highest BCUT2D eigenvalue weighted by atomic mass is 32.1. The van der Waals surface area contributed by atoms with Crippen LogP contribution in [-0.4, -0.2) is 40.3 Å². The van der Waals surface area contributed by atoms with Crippen LogP contribution in [0.15, 0.2) is 0 Å². The lowest BCUT2D eigenvalue weighted by atomic mass is 10.1. The fourth-order valence-corrected chi connectivity index (χ4v) is 5.09. The summed E-state index contributed by atoms with van der Waals surface area (Å²) in [5.74, 6) is 0. The van der Waals surface area contributed by atoms with Gasteiger partial charge in [0.1, 0.15) is 0 Å². The first-order chi connectivity index (χ1) is 10.2. The lowest BCUT2D eigenvalue weighted by Gasteiger charge is -2.22. The Morgan fingerprint density at radius 2 is 1.76 bits per heavy atom. The molecule has 0 atom stereocenters. The molecule has 0 amide bonds. The standard InChI is InChI=1S/C15H30O4SSi/c1-3-5-6-7-8-10-15(20)16-11-9-14-21(17-4-2)18-12-13-19-21/h3-14H2,1-2H3.